The molecule has 0 bridgehead atoms. The van der Waals surface area contributed by atoms with E-state index in [1.807, 2.05) is 4.90 Å². The minimum Gasteiger partial charge on any atom is -0.367 e. The van der Waals surface area contributed by atoms with E-state index in [0.29, 0.717) is 31.2 Å². The number of piperazine rings is 1. The van der Waals surface area contributed by atoms with Crippen LogP contribution >= 0.6 is 24.0 Å². The Balaban J connectivity index is 0.00000200. The molecule has 1 heterocycles. The fourth-order valence-corrected chi connectivity index (χ4v) is 2.48. The zero-order chi connectivity index (χ0) is 14.0. The Bertz CT molecular complexity index is 477. The molecule has 0 unspecified atom stereocenters. The maximum absolute atomic E-state index is 13.0. The van der Waals surface area contributed by atoms with Gasteiger partial charge in [0.2, 0.25) is 5.91 Å². The normalized spacial score (nSPS) is 16.6. The first-order valence-electron chi connectivity index (χ1n) is 6.23. The highest BCUT2D eigenvalue weighted by Gasteiger charge is 2.24. The molecule has 0 aromatic heterocycles. The van der Waals surface area contributed by atoms with Crippen LogP contribution in [0.3, 0.4) is 0 Å². The van der Waals surface area contributed by atoms with Crippen LogP contribution < -0.4 is 10.6 Å². The van der Waals surface area contributed by atoms with E-state index in [4.69, 9.17) is 17.3 Å². The number of benzene rings is 1. The SMILES string of the molecule is C[C@@H](N)C(=O)N1CCN(c2ccc(F)cc2Cl)CC1.Cl. The Morgan fingerprint density at radius 1 is 1.35 bits per heavy atom. The Kier molecular flexibility index (Phi) is 6.05. The van der Waals surface area contributed by atoms with Gasteiger partial charge in [0, 0.05) is 26.2 Å². The molecular formula is C13H18Cl2FN3O. The van der Waals surface area contributed by atoms with Gasteiger partial charge in [-0.25, -0.2) is 4.39 Å². The Hall–Kier alpha value is -1.04. The smallest absolute Gasteiger partial charge is 0.239 e. The van der Waals surface area contributed by atoms with Gasteiger partial charge in [-0.3, -0.25) is 4.79 Å². The average molecular weight is 322 g/mol. The number of carbonyl (C=O) groups excluding carboxylic acids is 1. The zero-order valence-corrected chi connectivity index (χ0v) is 12.8. The summed E-state index contributed by atoms with van der Waals surface area (Å²) in [6, 6.07) is 3.89. The van der Waals surface area contributed by atoms with Gasteiger partial charge in [-0.2, -0.15) is 0 Å². The number of halogens is 3. The van der Waals surface area contributed by atoms with Gasteiger partial charge in [0.15, 0.2) is 0 Å². The molecule has 0 saturated carbocycles. The summed E-state index contributed by atoms with van der Waals surface area (Å²) in [5.74, 6) is -0.385. The molecule has 0 aliphatic carbocycles. The summed E-state index contributed by atoms with van der Waals surface area (Å²) >= 11 is 6.03. The van der Waals surface area contributed by atoms with Crippen molar-refractivity contribution in [2.75, 3.05) is 31.1 Å². The highest BCUT2D eigenvalue weighted by Crippen LogP contribution is 2.27. The number of nitrogens with zero attached hydrogens (tertiary/aromatic N) is 2. The number of amides is 1. The van der Waals surface area contributed by atoms with Crippen LogP contribution in [0.5, 0.6) is 0 Å². The third-order valence-corrected chi connectivity index (χ3v) is 3.53. The lowest BCUT2D eigenvalue weighted by Gasteiger charge is -2.37. The fraction of sp³-hybridized carbons (Fsp3) is 0.462. The number of rotatable bonds is 2. The number of hydrogen-bond acceptors (Lipinski definition) is 3. The second kappa shape index (κ2) is 7.11. The third kappa shape index (κ3) is 3.75. The highest BCUT2D eigenvalue weighted by atomic mass is 35.5. The van der Waals surface area contributed by atoms with Crippen LogP contribution in [-0.2, 0) is 4.79 Å². The Labute approximate surface area is 129 Å². The van der Waals surface area contributed by atoms with E-state index in [0.717, 1.165) is 5.69 Å². The molecular weight excluding hydrogens is 304 g/mol. The van der Waals surface area contributed by atoms with Crippen molar-refractivity contribution in [2.24, 2.45) is 5.73 Å². The largest absolute Gasteiger partial charge is 0.367 e. The summed E-state index contributed by atoms with van der Waals surface area (Å²) in [5, 5.41) is 0.395. The van der Waals surface area contributed by atoms with Gasteiger partial charge in [-0.05, 0) is 25.1 Å². The summed E-state index contributed by atoms with van der Waals surface area (Å²) in [4.78, 5) is 15.6. The van der Waals surface area contributed by atoms with Crippen LogP contribution in [0.25, 0.3) is 0 Å². The molecule has 1 amide bonds. The summed E-state index contributed by atoms with van der Waals surface area (Å²) in [6.07, 6.45) is 0. The van der Waals surface area contributed by atoms with E-state index < -0.39 is 6.04 Å². The lowest BCUT2D eigenvalue weighted by molar-refractivity contribution is -0.132. The van der Waals surface area contributed by atoms with Crippen molar-refractivity contribution < 1.29 is 9.18 Å². The van der Waals surface area contributed by atoms with Crippen molar-refractivity contribution in [3.05, 3.63) is 29.0 Å². The van der Waals surface area contributed by atoms with Crippen LogP contribution in [0.4, 0.5) is 10.1 Å². The van der Waals surface area contributed by atoms with Gasteiger partial charge in [0.1, 0.15) is 5.82 Å². The second-order valence-corrected chi connectivity index (χ2v) is 5.10. The maximum atomic E-state index is 13.0. The third-order valence-electron chi connectivity index (χ3n) is 3.23. The molecule has 4 nitrogen and oxygen atoms in total. The van der Waals surface area contributed by atoms with E-state index in [-0.39, 0.29) is 24.1 Å². The predicted octanol–water partition coefficient (Wildman–Crippen LogP) is 1.90. The standard InChI is InChI=1S/C13H17ClFN3O.ClH/c1-9(16)13(19)18-6-4-17(5-7-18)12-3-2-10(15)8-11(12)14;/h2-3,8-9H,4-7,16H2,1H3;1H/t9-;/m1./s1. The molecule has 1 saturated heterocycles. The summed E-state index contributed by atoms with van der Waals surface area (Å²) < 4.78 is 13.0. The lowest BCUT2D eigenvalue weighted by Crippen LogP contribution is -2.52. The summed E-state index contributed by atoms with van der Waals surface area (Å²) in [6.45, 7) is 4.24. The van der Waals surface area contributed by atoms with E-state index in [1.54, 1.807) is 17.9 Å². The topological polar surface area (TPSA) is 49.6 Å². The summed E-state index contributed by atoms with van der Waals surface area (Å²) in [7, 11) is 0. The second-order valence-electron chi connectivity index (χ2n) is 4.70. The quantitative estimate of drug-likeness (QED) is 0.905. The number of hydrogen-bond donors (Lipinski definition) is 1. The molecule has 2 N–H and O–H groups in total. The molecule has 112 valence electrons. The van der Waals surface area contributed by atoms with Gasteiger partial charge in [0.25, 0.3) is 0 Å². The van der Waals surface area contributed by atoms with Crippen LogP contribution in [0.2, 0.25) is 5.02 Å². The minimum absolute atomic E-state index is 0. The van der Waals surface area contributed by atoms with Crippen molar-refractivity contribution in [2.45, 2.75) is 13.0 Å². The number of anilines is 1. The van der Waals surface area contributed by atoms with Gasteiger partial charge in [-0.1, -0.05) is 11.6 Å². The first-order valence-corrected chi connectivity index (χ1v) is 6.61. The Morgan fingerprint density at radius 3 is 2.45 bits per heavy atom. The number of nitrogens with two attached hydrogens (primary N) is 1. The van der Waals surface area contributed by atoms with Gasteiger partial charge in [0.05, 0.1) is 16.8 Å². The molecule has 1 fully saturated rings. The van der Waals surface area contributed by atoms with Crippen molar-refractivity contribution in [1.29, 1.82) is 0 Å². The predicted molar refractivity (Wildman–Crippen MR) is 81.1 cm³/mol. The molecule has 1 atom stereocenters. The molecule has 1 aliphatic rings. The van der Waals surface area contributed by atoms with Crippen LogP contribution in [0.15, 0.2) is 18.2 Å². The molecule has 0 radical (unpaired) electrons. The van der Waals surface area contributed by atoms with Gasteiger partial charge in [-0.15, -0.1) is 12.4 Å². The first-order chi connectivity index (χ1) is 8.99. The van der Waals surface area contributed by atoms with E-state index in [9.17, 15) is 9.18 Å². The summed E-state index contributed by atoms with van der Waals surface area (Å²) in [5.41, 5.74) is 6.39. The molecule has 1 aromatic rings. The van der Waals surface area contributed by atoms with Gasteiger partial charge < -0.3 is 15.5 Å². The minimum atomic E-state index is -0.471. The molecule has 1 aromatic carbocycles. The Morgan fingerprint density at radius 2 is 1.95 bits per heavy atom. The van der Waals surface area contributed by atoms with Crippen molar-refractivity contribution in [3.8, 4) is 0 Å². The van der Waals surface area contributed by atoms with Crippen LogP contribution in [0.1, 0.15) is 6.92 Å². The van der Waals surface area contributed by atoms with Crippen molar-refractivity contribution in [1.82, 2.24) is 4.90 Å². The fourth-order valence-electron chi connectivity index (χ4n) is 2.19. The first kappa shape index (κ1) is 17.0. The zero-order valence-electron chi connectivity index (χ0n) is 11.2. The molecule has 20 heavy (non-hydrogen) atoms. The van der Waals surface area contributed by atoms with Gasteiger partial charge >= 0.3 is 0 Å². The van der Waals surface area contributed by atoms with Crippen molar-refractivity contribution >= 4 is 35.6 Å². The van der Waals surface area contributed by atoms with Crippen LogP contribution in [-0.4, -0.2) is 43.0 Å². The van der Waals surface area contributed by atoms with Crippen molar-refractivity contribution in [3.63, 3.8) is 0 Å². The molecule has 7 heteroatoms. The maximum Gasteiger partial charge on any atom is 0.239 e. The molecule has 2 rings (SSSR count). The van der Waals surface area contributed by atoms with E-state index in [1.165, 1.54) is 12.1 Å². The van der Waals surface area contributed by atoms with Crippen LogP contribution in [0, 0.1) is 5.82 Å². The molecule has 1 aliphatic heterocycles. The highest BCUT2D eigenvalue weighted by molar-refractivity contribution is 6.33. The lowest BCUT2D eigenvalue weighted by atomic mass is 10.2. The average Bonchev–Trinajstić information content (AvgIpc) is 2.38. The van der Waals surface area contributed by atoms with E-state index >= 15 is 0 Å². The number of carbonyl (C=O) groups is 1. The van der Waals surface area contributed by atoms with E-state index in [2.05, 4.69) is 0 Å². The monoisotopic (exact) mass is 321 g/mol. The molecule has 0 spiro atoms.